The van der Waals surface area contributed by atoms with Crippen LogP contribution in [0.15, 0.2) is 24.3 Å². The Kier molecular flexibility index (Phi) is 4.35. The molecule has 1 saturated heterocycles. The van der Waals surface area contributed by atoms with Gasteiger partial charge in [-0.1, -0.05) is 32.9 Å². The third kappa shape index (κ3) is 3.63. The summed E-state index contributed by atoms with van der Waals surface area (Å²) in [6, 6.07) is 7.75. The molecule has 4 nitrogen and oxygen atoms in total. The summed E-state index contributed by atoms with van der Waals surface area (Å²) in [5.74, 6) is -0.534. The Hall–Kier alpha value is -1.84. The average molecular weight is 288 g/mol. The van der Waals surface area contributed by atoms with Crippen molar-refractivity contribution in [2.45, 2.75) is 39.0 Å². The highest BCUT2D eigenvalue weighted by molar-refractivity contribution is 5.94. The molecule has 1 aliphatic heterocycles. The van der Waals surface area contributed by atoms with E-state index in [1.165, 1.54) is 5.56 Å². The number of piperidine rings is 1. The summed E-state index contributed by atoms with van der Waals surface area (Å²) < 4.78 is 0. The van der Waals surface area contributed by atoms with Crippen LogP contribution in [0.5, 0.6) is 0 Å². The first-order valence-corrected chi connectivity index (χ1v) is 7.48. The summed E-state index contributed by atoms with van der Waals surface area (Å²) in [6.45, 7) is 7.57. The van der Waals surface area contributed by atoms with Gasteiger partial charge in [-0.15, -0.1) is 0 Å². The lowest BCUT2D eigenvalue weighted by atomic mass is 9.86. The number of hydrogen-bond donors (Lipinski definition) is 1. The number of rotatable bonds is 2. The molecule has 21 heavy (non-hydrogen) atoms. The fourth-order valence-corrected chi connectivity index (χ4v) is 2.69. The van der Waals surface area contributed by atoms with Crippen LogP contribution >= 0.6 is 0 Å². The van der Waals surface area contributed by atoms with E-state index in [1.807, 2.05) is 24.3 Å². The second-order valence-electron chi connectivity index (χ2n) is 6.82. The van der Waals surface area contributed by atoms with E-state index in [2.05, 4.69) is 20.8 Å². The van der Waals surface area contributed by atoms with Gasteiger partial charge in [-0.3, -0.25) is 9.59 Å². The number of carbonyl (C=O) groups excluding carboxylic acids is 2. The molecule has 1 unspecified atom stereocenters. The number of benzene rings is 1. The van der Waals surface area contributed by atoms with E-state index >= 15 is 0 Å². The van der Waals surface area contributed by atoms with Crippen molar-refractivity contribution in [2.75, 3.05) is 13.1 Å². The zero-order valence-electron chi connectivity index (χ0n) is 13.1. The van der Waals surface area contributed by atoms with Crippen molar-refractivity contribution in [3.8, 4) is 0 Å². The zero-order valence-corrected chi connectivity index (χ0v) is 13.1. The lowest BCUT2D eigenvalue weighted by molar-refractivity contribution is -0.123. The minimum Gasteiger partial charge on any atom is -0.369 e. The number of likely N-dealkylation sites (tertiary alicyclic amines) is 1. The number of hydrogen-bond acceptors (Lipinski definition) is 2. The monoisotopic (exact) mass is 288 g/mol. The van der Waals surface area contributed by atoms with Crippen molar-refractivity contribution < 1.29 is 9.59 Å². The Labute approximate surface area is 126 Å². The first-order valence-electron chi connectivity index (χ1n) is 7.48. The van der Waals surface area contributed by atoms with Crippen molar-refractivity contribution in [1.29, 1.82) is 0 Å². The maximum atomic E-state index is 12.5. The molecule has 4 heteroatoms. The van der Waals surface area contributed by atoms with Crippen LogP contribution < -0.4 is 5.73 Å². The molecule has 114 valence electrons. The Morgan fingerprint density at radius 2 is 1.81 bits per heavy atom. The van der Waals surface area contributed by atoms with E-state index in [1.54, 1.807) is 4.90 Å². The van der Waals surface area contributed by atoms with Gasteiger partial charge in [0.1, 0.15) is 0 Å². The summed E-state index contributed by atoms with van der Waals surface area (Å²) in [7, 11) is 0. The van der Waals surface area contributed by atoms with Gasteiger partial charge in [0.05, 0.1) is 5.92 Å². The minimum atomic E-state index is -0.310. The number of nitrogens with zero attached hydrogens (tertiary/aromatic N) is 1. The van der Waals surface area contributed by atoms with E-state index in [0.29, 0.717) is 18.7 Å². The second kappa shape index (κ2) is 5.88. The van der Waals surface area contributed by atoms with Crippen LogP contribution in [-0.2, 0) is 10.2 Å². The van der Waals surface area contributed by atoms with Crippen molar-refractivity contribution in [3.63, 3.8) is 0 Å². The standard InChI is InChI=1S/C17H24N2O2/c1-17(2,3)14-8-6-12(7-9-14)16(21)19-10-4-5-13(11-19)15(18)20/h6-9,13H,4-5,10-11H2,1-3H3,(H2,18,20). The lowest BCUT2D eigenvalue weighted by Gasteiger charge is -2.31. The molecule has 2 rings (SSSR count). The highest BCUT2D eigenvalue weighted by Crippen LogP contribution is 2.23. The lowest BCUT2D eigenvalue weighted by Crippen LogP contribution is -2.44. The van der Waals surface area contributed by atoms with Crippen molar-refractivity contribution >= 4 is 11.8 Å². The van der Waals surface area contributed by atoms with E-state index in [-0.39, 0.29) is 23.1 Å². The zero-order chi connectivity index (χ0) is 15.6. The van der Waals surface area contributed by atoms with Crippen LogP contribution in [0.4, 0.5) is 0 Å². The van der Waals surface area contributed by atoms with Crippen molar-refractivity contribution in [1.82, 2.24) is 4.90 Å². The third-order valence-corrected chi connectivity index (χ3v) is 4.11. The molecule has 0 aliphatic carbocycles. The fraction of sp³-hybridized carbons (Fsp3) is 0.529. The maximum absolute atomic E-state index is 12.5. The molecule has 0 radical (unpaired) electrons. The Balaban J connectivity index is 2.11. The van der Waals surface area contributed by atoms with Gasteiger partial charge in [-0.25, -0.2) is 0 Å². The normalized spacial score (nSPS) is 19.4. The first-order chi connectivity index (χ1) is 9.79. The molecule has 0 spiro atoms. The summed E-state index contributed by atoms with van der Waals surface area (Å²) in [4.78, 5) is 25.5. The first kappa shape index (κ1) is 15.5. The SMILES string of the molecule is CC(C)(C)c1ccc(C(=O)N2CCCC(C(N)=O)C2)cc1. The van der Waals surface area contributed by atoms with Crippen molar-refractivity contribution in [3.05, 3.63) is 35.4 Å². The van der Waals surface area contributed by atoms with Gasteiger partial charge in [-0.2, -0.15) is 0 Å². The quantitative estimate of drug-likeness (QED) is 0.907. The molecule has 0 aromatic heterocycles. The summed E-state index contributed by atoms with van der Waals surface area (Å²) in [6.07, 6.45) is 1.61. The minimum absolute atomic E-state index is 0.0126. The van der Waals surface area contributed by atoms with Crippen LogP contribution in [0.3, 0.4) is 0 Å². The predicted octanol–water partition coefficient (Wildman–Crippen LogP) is 2.32. The van der Waals surface area contributed by atoms with Gasteiger partial charge >= 0.3 is 0 Å². The van der Waals surface area contributed by atoms with Crippen LogP contribution in [0.1, 0.15) is 49.5 Å². The van der Waals surface area contributed by atoms with Gasteiger partial charge in [0.25, 0.3) is 5.91 Å². The number of primary amides is 1. The number of amides is 2. The van der Waals surface area contributed by atoms with Crippen LogP contribution in [0.2, 0.25) is 0 Å². The molecule has 2 amide bonds. The average Bonchev–Trinajstić information content (AvgIpc) is 2.46. The number of carbonyl (C=O) groups is 2. The smallest absolute Gasteiger partial charge is 0.253 e. The molecule has 1 aromatic rings. The van der Waals surface area contributed by atoms with Gasteiger partial charge in [0, 0.05) is 18.7 Å². The fourth-order valence-electron chi connectivity index (χ4n) is 2.69. The highest BCUT2D eigenvalue weighted by Gasteiger charge is 2.27. The molecule has 0 saturated carbocycles. The molecule has 2 N–H and O–H groups in total. The van der Waals surface area contributed by atoms with Gasteiger partial charge < -0.3 is 10.6 Å². The Morgan fingerprint density at radius 3 is 2.33 bits per heavy atom. The molecule has 1 heterocycles. The molecule has 1 aromatic carbocycles. The van der Waals surface area contributed by atoms with E-state index in [4.69, 9.17) is 5.73 Å². The molecule has 1 atom stereocenters. The third-order valence-electron chi connectivity index (χ3n) is 4.11. The highest BCUT2D eigenvalue weighted by atomic mass is 16.2. The van der Waals surface area contributed by atoms with Crippen LogP contribution in [-0.4, -0.2) is 29.8 Å². The molecule has 1 fully saturated rings. The van der Waals surface area contributed by atoms with Gasteiger partial charge in [0.2, 0.25) is 5.91 Å². The Bertz CT molecular complexity index is 529. The molecule has 0 bridgehead atoms. The van der Waals surface area contributed by atoms with Gasteiger partial charge in [0.15, 0.2) is 0 Å². The summed E-state index contributed by atoms with van der Waals surface area (Å²) >= 11 is 0. The Morgan fingerprint density at radius 1 is 1.19 bits per heavy atom. The van der Waals surface area contributed by atoms with E-state index < -0.39 is 0 Å². The molecular formula is C17H24N2O2. The van der Waals surface area contributed by atoms with E-state index in [9.17, 15) is 9.59 Å². The molecular weight excluding hydrogens is 264 g/mol. The second-order valence-corrected chi connectivity index (χ2v) is 6.82. The summed E-state index contributed by atoms with van der Waals surface area (Å²) in [5, 5.41) is 0. The largest absolute Gasteiger partial charge is 0.369 e. The van der Waals surface area contributed by atoms with E-state index in [0.717, 1.165) is 12.8 Å². The van der Waals surface area contributed by atoms with Gasteiger partial charge in [-0.05, 0) is 36.0 Å². The van der Waals surface area contributed by atoms with Crippen LogP contribution in [0, 0.1) is 5.92 Å². The number of nitrogens with two attached hydrogens (primary N) is 1. The maximum Gasteiger partial charge on any atom is 0.253 e. The van der Waals surface area contributed by atoms with Crippen LogP contribution in [0.25, 0.3) is 0 Å². The van der Waals surface area contributed by atoms with Crippen molar-refractivity contribution in [2.24, 2.45) is 11.7 Å². The topological polar surface area (TPSA) is 63.4 Å². The summed E-state index contributed by atoms with van der Waals surface area (Å²) in [5.41, 5.74) is 7.31. The predicted molar refractivity (Wildman–Crippen MR) is 83.0 cm³/mol. The molecule has 1 aliphatic rings.